The van der Waals surface area contributed by atoms with E-state index in [9.17, 15) is 0 Å². The SMILES string of the molecule is CC(CC1CCC(CCc2ccc(/C=C/c3ccc(C#N)cc3)cc2)CC1)c1ccccc1. The Labute approximate surface area is 199 Å². The van der Waals surface area contributed by atoms with Gasteiger partial charge in [0.05, 0.1) is 11.6 Å². The highest BCUT2D eigenvalue weighted by molar-refractivity contribution is 5.69. The fraction of sp³-hybridized carbons (Fsp3) is 0.344. The second-order valence-electron chi connectivity index (χ2n) is 9.78. The van der Waals surface area contributed by atoms with Gasteiger partial charge < -0.3 is 0 Å². The Bertz CT molecular complexity index is 1050. The zero-order valence-corrected chi connectivity index (χ0v) is 19.8. The lowest BCUT2D eigenvalue weighted by Gasteiger charge is -2.30. The predicted octanol–water partition coefficient (Wildman–Crippen LogP) is 8.66. The average Bonchev–Trinajstić information content (AvgIpc) is 2.88. The summed E-state index contributed by atoms with van der Waals surface area (Å²) in [6.07, 6.45) is 13.7. The summed E-state index contributed by atoms with van der Waals surface area (Å²) in [5, 5.41) is 8.90. The molecule has 1 nitrogen and oxygen atoms in total. The van der Waals surface area contributed by atoms with E-state index in [1.54, 1.807) is 0 Å². The van der Waals surface area contributed by atoms with Gasteiger partial charge in [0.15, 0.2) is 0 Å². The van der Waals surface area contributed by atoms with E-state index < -0.39 is 0 Å². The van der Waals surface area contributed by atoms with Crippen molar-refractivity contribution < 1.29 is 0 Å². The zero-order valence-electron chi connectivity index (χ0n) is 19.8. The molecule has 0 radical (unpaired) electrons. The van der Waals surface area contributed by atoms with Crippen LogP contribution in [0.5, 0.6) is 0 Å². The third kappa shape index (κ3) is 6.93. The smallest absolute Gasteiger partial charge is 0.0991 e. The second-order valence-corrected chi connectivity index (χ2v) is 9.78. The number of hydrogen-bond donors (Lipinski definition) is 0. The van der Waals surface area contributed by atoms with Gasteiger partial charge in [0.1, 0.15) is 0 Å². The maximum absolute atomic E-state index is 8.90. The molecule has 0 spiro atoms. The first kappa shape index (κ1) is 23.1. The van der Waals surface area contributed by atoms with Crippen LogP contribution in [-0.2, 0) is 6.42 Å². The van der Waals surface area contributed by atoms with E-state index in [2.05, 4.69) is 79.7 Å². The number of nitriles is 1. The van der Waals surface area contributed by atoms with Crippen LogP contribution in [-0.4, -0.2) is 0 Å². The Balaban J connectivity index is 1.19. The number of rotatable bonds is 8. The van der Waals surface area contributed by atoms with Gasteiger partial charge in [-0.05, 0) is 71.4 Å². The van der Waals surface area contributed by atoms with Crippen LogP contribution in [0.15, 0.2) is 78.9 Å². The lowest BCUT2D eigenvalue weighted by Crippen LogP contribution is -2.16. The van der Waals surface area contributed by atoms with E-state index >= 15 is 0 Å². The first-order chi connectivity index (χ1) is 16.2. The molecule has 168 valence electrons. The van der Waals surface area contributed by atoms with Crippen molar-refractivity contribution in [3.63, 3.8) is 0 Å². The third-order valence-electron chi connectivity index (χ3n) is 7.35. The lowest BCUT2D eigenvalue weighted by molar-refractivity contribution is 0.245. The number of hydrogen-bond acceptors (Lipinski definition) is 1. The van der Waals surface area contributed by atoms with Gasteiger partial charge in [-0.3, -0.25) is 0 Å². The van der Waals surface area contributed by atoms with Crippen molar-refractivity contribution >= 4 is 12.2 Å². The molecule has 3 aromatic carbocycles. The summed E-state index contributed by atoms with van der Waals surface area (Å²) in [7, 11) is 0. The third-order valence-corrected chi connectivity index (χ3v) is 7.35. The number of aryl methyl sites for hydroxylation is 1. The molecule has 0 aromatic heterocycles. The van der Waals surface area contributed by atoms with Crippen LogP contribution >= 0.6 is 0 Å². The van der Waals surface area contributed by atoms with E-state index in [4.69, 9.17) is 5.26 Å². The highest BCUT2D eigenvalue weighted by atomic mass is 14.3. The summed E-state index contributed by atoms with van der Waals surface area (Å²) >= 11 is 0. The molecule has 0 heterocycles. The molecule has 3 aromatic rings. The van der Waals surface area contributed by atoms with Crippen molar-refractivity contribution in [3.8, 4) is 6.07 Å². The molecule has 0 saturated heterocycles. The summed E-state index contributed by atoms with van der Waals surface area (Å²) in [6, 6.07) is 29.9. The van der Waals surface area contributed by atoms with Gasteiger partial charge >= 0.3 is 0 Å². The Morgan fingerprint density at radius 1 is 0.788 bits per heavy atom. The van der Waals surface area contributed by atoms with E-state index in [-0.39, 0.29) is 0 Å². The van der Waals surface area contributed by atoms with Crippen molar-refractivity contribution in [2.45, 2.75) is 57.8 Å². The summed E-state index contributed by atoms with van der Waals surface area (Å²) in [5.41, 5.74) is 5.98. The molecular weight excluding hydrogens is 398 g/mol. The number of nitrogens with zero attached hydrogens (tertiary/aromatic N) is 1. The number of benzene rings is 3. The van der Waals surface area contributed by atoms with Gasteiger partial charge in [-0.15, -0.1) is 0 Å². The van der Waals surface area contributed by atoms with Gasteiger partial charge in [-0.2, -0.15) is 5.26 Å². The minimum absolute atomic E-state index is 0.678. The van der Waals surface area contributed by atoms with Gasteiger partial charge in [-0.25, -0.2) is 0 Å². The lowest BCUT2D eigenvalue weighted by atomic mass is 9.76. The fourth-order valence-corrected chi connectivity index (χ4v) is 5.20. The Morgan fingerprint density at radius 3 is 1.97 bits per heavy atom. The molecule has 0 aliphatic heterocycles. The van der Waals surface area contributed by atoms with Crippen LogP contribution in [0.4, 0.5) is 0 Å². The molecule has 1 fully saturated rings. The van der Waals surface area contributed by atoms with E-state index in [1.165, 1.54) is 61.6 Å². The molecule has 1 aliphatic carbocycles. The molecule has 0 bridgehead atoms. The zero-order chi connectivity index (χ0) is 22.9. The summed E-state index contributed by atoms with van der Waals surface area (Å²) in [4.78, 5) is 0. The van der Waals surface area contributed by atoms with E-state index in [1.807, 2.05) is 24.3 Å². The van der Waals surface area contributed by atoms with Crippen LogP contribution in [0, 0.1) is 23.2 Å². The van der Waals surface area contributed by atoms with E-state index in [0.29, 0.717) is 11.5 Å². The molecule has 1 unspecified atom stereocenters. The van der Waals surface area contributed by atoms with Crippen LogP contribution < -0.4 is 0 Å². The maximum Gasteiger partial charge on any atom is 0.0991 e. The monoisotopic (exact) mass is 433 g/mol. The molecule has 0 amide bonds. The van der Waals surface area contributed by atoms with Crippen LogP contribution in [0.2, 0.25) is 0 Å². The molecule has 0 N–H and O–H groups in total. The molecule has 1 heteroatoms. The Hall–Kier alpha value is -3.11. The van der Waals surface area contributed by atoms with Crippen LogP contribution in [0.25, 0.3) is 12.2 Å². The minimum Gasteiger partial charge on any atom is -0.192 e. The second kappa shape index (κ2) is 11.7. The van der Waals surface area contributed by atoms with Crippen molar-refractivity contribution in [3.05, 3.63) is 107 Å². The van der Waals surface area contributed by atoms with Gasteiger partial charge in [-0.1, -0.05) is 111 Å². The minimum atomic E-state index is 0.678. The Kier molecular flexibility index (Phi) is 8.15. The molecule has 4 rings (SSSR count). The van der Waals surface area contributed by atoms with Crippen molar-refractivity contribution in [2.75, 3.05) is 0 Å². The highest BCUT2D eigenvalue weighted by Crippen LogP contribution is 2.37. The Morgan fingerprint density at radius 2 is 1.36 bits per heavy atom. The highest BCUT2D eigenvalue weighted by Gasteiger charge is 2.22. The summed E-state index contributed by atoms with van der Waals surface area (Å²) in [6.45, 7) is 2.39. The van der Waals surface area contributed by atoms with Gasteiger partial charge in [0.2, 0.25) is 0 Å². The predicted molar refractivity (Wildman–Crippen MR) is 140 cm³/mol. The molecule has 1 atom stereocenters. The van der Waals surface area contributed by atoms with Gasteiger partial charge in [0.25, 0.3) is 0 Å². The largest absolute Gasteiger partial charge is 0.192 e. The average molecular weight is 434 g/mol. The molecule has 1 aliphatic rings. The standard InChI is InChI=1S/C32H35N/c1-25(32-5-3-2-4-6-32)23-30-19-15-28(16-20-30)13-11-26-7-9-27(10-8-26)12-14-29-17-21-31(24-33)22-18-29/h2-10,12,14,17-18,21-22,25,28,30H,11,13,15-16,19-20,23H2,1H3/b14-12+. The molecular formula is C32H35N. The van der Waals surface area contributed by atoms with Gasteiger partial charge in [0, 0.05) is 0 Å². The quantitative estimate of drug-likeness (QED) is 0.326. The van der Waals surface area contributed by atoms with Crippen LogP contribution in [0.3, 0.4) is 0 Å². The van der Waals surface area contributed by atoms with Crippen LogP contribution in [0.1, 0.15) is 79.2 Å². The first-order valence-corrected chi connectivity index (χ1v) is 12.5. The summed E-state index contributed by atoms with van der Waals surface area (Å²) in [5.74, 6) is 2.47. The van der Waals surface area contributed by atoms with Crippen molar-refractivity contribution in [1.29, 1.82) is 5.26 Å². The molecule has 1 saturated carbocycles. The molecule has 33 heavy (non-hydrogen) atoms. The van der Waals surface area contributed by atoms with E-state index in [0.717, 1.165) is 17.4 Å². The summed E-state index contributed by atoms with van der Waals surface area (Å²) < 4.78 is 0. The first-order valence-electron chi connectivity index (χ1n) is 12.5. The topological polar surface area (TPSA) is 23.8 Å². The van der Waals surface area contributed by atoms with Crippen molar-refractivity contribution in [2.24, 2.45) is 11.8 Å². The maximum atomic E-state index is 8.90. The van der Waals surface area contributed by atoms with Crippen molar-refractivity contribution in [1.82, 2.24) is 0 Å². The normalized spacial score (nSPS) is 19.3. The fourth-order valence-electron chi connectivity index (χ4n) is 5.20.